The predicted octanol–water partition coefficient (Wildman–Crippen LogP) is 2.40. The van der Waals surface area contributed by atoms with E-state index in [1.807, 2.05) is 13.8 Å². The van der Waals surface area contributed by atoms with E-state index in [1.165, 1.54) is 0 Å². The van der Waals surface area contributed by atoms with Gasteiger partial charge in [-0.2, -0.15) is 0 Å². The number of halogens is 2. The lowest BCUT2D eigenvalue weighted by Crippen LogP contribution is -2.49. The maximum Gasteiger partial charge on any atom is 0.272 e. The Morgan fingerprint density at radius 3 is 2.43 bits per heavy atom. The van der Waals surface area contributed by atoms with Gasteiger partial charge in [-0.05, 0) is 18.9 Å². The fourth-order valence-electron chi connectivity index (χ4n) is 1.65. The first-order chi connectivity index (χ1) is 9.33. The molecule has 1 amide bonds. The number of nitro benzene ring substituents is 1. The first kappa shape index (κ1) is 19.3. The van der Waals surface area contributed by atoms with E-state index in [-0.39, 0.29) is 24.5 Å². The molecule has 0 aliphatic heterocycles. The molecule has 21 heavy (non-hydrogen) atoms. The molecule has 0 atom stereocenters. The molecule has 6 nitrogen and oxygen atoms in total. The Labute approximate surface area is 128 Å². The second-order valence-electron chi connectivity index (χ2n) is 4.67. The van der Waals surface area contributed by atoms with Crippen LogP contribution in [0.15, 0.2) is 18.2 Å². The Morgan fingerprint density at radius 1 is 1.43 bits per heavy atom. The van der Waals surface area contributed by atoms with Crippen LogP contribution in [0.25, 0.3) is 0 Å². The Kier molecular flexibility index (Phi) is 7.25. The van der Waals surface area contributed by atoms with Gasteiger partial charge in [0.25, 0.3) is 11.6 Å². The summed E-state index contributed by atoms with van der Waals surface area (Å²) in [5, 5.41) is 13.0. The lowest BCUT2D eigenvalue weighted by atomic mass is 9.94. The van der Waals surface area contributed by atoms with Gasteiger partial charge in [-0.3, -0.25) is 14.9 Å². The quantitative estimate of drug-likeness (QED) is 0.621. The third kappa shape index (κ3) is 4.95. The van der Waals surface area contributed by atoms with Crippen LogP contribution in [0.2, 0.25) is 0 Å². The second-order valence-corrected chi connectivity index (χ2v) is 4.67. The van der Waals surface area contributed by atoms with Crippen molar-refractivity contribution in [2.75, 3.05) is 6.54 Å². The van der Waals surface area contributed by atoms with Crippen molar-refractivity contribution in [3.05, 3.63) is 39.7 Å². The summed E-state index contributed by atoms with van der Waals surface area (Å²) in [7, 11) is 0. The Hall–Kier alpha value is -1.73. The van der Waals surface area contributed by atoms with Gasteiger partial charge in [-0.25, -0.2) is 4.39 Å². The summed E-state index contributed by atoms with van der Waals surface area (Å²) < 4.78 is 13.6. The lowest BCUT2D eigenvalue weighted by molar-refractivity contribution is -0.385. The van der Waals surface area contributed by atoms with Crippen LogP contribution in [-0.4, -0.2) is 22.9 Å². The van der Waals surface area contributed by atoms with Gasteiger partial charge < -0.3 is 11.1 Å². The third-order valence-electron chi connectivity index (χ3n) is 3.42. The standard InChI is InChI=1S/C13H18FN3O3.ClH/c1-3-13(15,4-2)8-16-12(18)10-6-5-9(17(19)20)7-11(10)14;/h5-7H,3-4,8,15H2,1-2H3,(H,16,18);1H. The summed E-state index contributed by atoms with van der Waals surface area (Å²) in [6, 6.07) is 2.91. The maximum atomic E-state index is 13.6. The molecule has 0 spiro atoms. The number of rotatable bonds is 6. The summed E-state index contributed by atoms with van der Waals surface area (Å²) in [5.41, 5.74) is 4.87. The molecule has 0 aromatic heterocycles. The normalized spacial score (nSPS) is 10.7. The van der Waals surface area contributed by atoms with E-state index in [4.69, 9.17) is 5.73 Å². The fraction of sp³-hybridized carbons (Fsp3) is 0.462. The van der Waals surface area contributed by atoms with E-state index in [0.717, 1.165) is 18.2 Å². The van der Waals surface area contributed by atoms with E-state index < -0.39 is 27.9 Å². The summed E-state index contributed by atoms with van der Waals surface area (Å²) in [6.07, 6.45) is 1.35. The number of nitrogens with zero attached hydrogens (tertiary/aromatic N) is 1. The van der Waals surface area contributed by atoms with E-state index >= 15 is 0 Å². The van der Waals surface area contributed by atoms with Gasteiger partial charge in [0, 0.05) is 18.2 Å². The van der Waals surface area contributed by atoms with Crippen molar-refractivity contribution >= 4 is 24.0 Å². The van der Waals surface area contributed by atoms with Crippen LogP contribution in [0.5, 0.6) is 0 Å². The molecule has 3 N–H and O–H groups in total. The van der Waals surface area contributed by atoms with Crippen LogP contribution in [0.4, 0.5) is 10.1 Å². The van der Waals surface area contributed by atoms with Crippen LogP contribution >= 0.6 is 12.4 Å². The Morgan fingerprint density at radius 2 is 2.00 bits per heavy atom. The van der Waals surface area contributed by atoms with Gasteiger partial charge in [0.2, 0.25) is 0 Å². The van der Waals surface area contributed by atoms with E-state index in [0.29, 0.717) is 12.8 Å². The van der Waals surface area contributed by atoms with Crippen molar-refractivity contribution < 1.29 is 14.1 Å². The number of hydrogen-bond donors (Lipinski definition) is 2. The molecule has 1 rings (SSSR count). The largest absolute Gasteiger partial charge is 0.350 e. The number of non-ortho nitro benzene ring substituents is 1. The van der Waals surface area contributed by atoms with Crippen LogP contribution in [0.1, 0.15) is 37.0 Å². The number of carbonyl (C=O) groups is 1. The first-order valence-corrected chi connectivity index (χ1v) is 6.34. The zero-order valence-electron chi connectivity index (χ0n) is 11.9. The number of benzene rings is 1. The number of nitrogens with one attached hydrogen (secondary N) is 1. The summed E-state index contributed by atoms with van der Waals surface area (Å²) in [5.74, 6) is -1.55. The number of amides is 1. The number of nitrogens with two attached hydrogens (primary N) is 1. The minimum Gasteiger partial charge on any atom is -0.350 e. The Balaban J connectivity index is 0.00000400. The molecular weight excluding hydrogens is 301 g/mol. The van der Waals surface area contributed by atoms with Crippen molar-refractivity contribution in [1.29, 1.82) is 0 Å². The predicted molar refractivity (Wildman–Crippen MR) is 80.1 cm³/mol. The number of carbonyl (C=O) groups excluding carboxylic acids is 1. The lowest BCUT2D eigenvalue weighted by Gasteiger charge is -2.26. The minimum absolute atomic E-state index is 0. The zero-order valence-corrected chi connectivity index (χ0v) is 12.7. The minimum atomic E-state index is -0.924. The second kappa shape index (κ2) is 7.90. The van der Waals surface area contributed by atoms with Crippen molar-refractivity contribution in [3.63, 3.8) is 0 Å². The molecule has 0 fully saturated rings. The molecule has 0 heterocycles. The van der Waals surface area contributed by atoms with Crippen LogP contribution in [0.3, 0.4) is 0 Å². The SMILES string of the molecule is CCC(N)(CC)CNC(=O)c1ccc([N+](=O)[O-])cc1F.Cl. The van der Waals surface area contributed by atoms with Crippen molar-refractivity contribution in [1.82, 2.24) is 5.32 Å². The van der Waals surface area contributed by atoms with Gasteiger partial charge in [-0.1, -0.05) is 13.8 Å². The molecule has 118 valence electrons. The molecule has 0 bridgehead atoms. The number of nitro groups is 1. The Bertz CT molecular complexity index is 521. The molecule has 1 aromatic carbocycles. The van der Waals surface area contributed by atoms with Gasteiger partial charge in [0.05, 0.1) is 16.6 Å². The summed E-state index contributed by atoms with van der Waals surface area (Å²) >= 11 is 0. The van der Waals surface area contributed by atoms with Crippen molar-refractivity contribution in [3.8, 4) is 0 Å². The smallest absolute Gasteiger partial charge is 0.272 e. The van der Waals surface area contributed by atoms with E-state index in [9.17, 15) is 19.3 Å². The van der Waals surface area contributed by atoms with Gasteiger partial charge >= 0.3 is 0 Å². The highest BCUT2D eigenvalue weighted by Crippen LogP contribution is 2.17. The van der Waals surface area contributed by atoms with Crippen molar-refractivity contribution in [2.24, 2.45) is 5.73 Å². The van der Waals surface area contributed by atoms with Gasteiger partial charge in [0.15, 0.2) is 0 Å². The molecule has 0 saturated carbocycles. The van der Waals surface area contributed by atoms with E-state index in [1.54, 1.807) is 0 Å². The third-order valence-corrected chi connectivity index (χ3v) is 3.42. The summed E-state index contributed by atoms with van der Waals surface area (Å²) in [4.78, 5) is 21.6. The molecule has 8 heteroatoms. The number of hydrogen-bond acceptors (Lipinski definition) is 4. The van der Waals surface area contributed by atoms with Gasteiger partial charge in [0.1, 0.15) is 5.82 Å². The molecule has 1 aromatic rings. The monoisotopic (exact) mass is 319 g/mol. The van der Waals surface area contributed by atoms with Gasteiger partial charge in [-0.15, -0.1) is 12.4 Å². The molecular formula is C13H19ClFN3O3. The summed E-state index contributed by atoms with van der Waals surface area (Å²) in [6.45, 7) is 4.03. The molecule has 0 aliphatic carbocycles. The highest BCUT2D eigenvalue weighted by atomic mass is 35.5. The van der Waals surface area contributed by atoms with Crippen LogP contribution in [-0.2, 0) is 0 Å². The average molecular weight is 320 g/mol. The van der Waals surface area contributed by atoms with Crippen molar-refractivity contribution in [2.45, 2.75) is 32.2 Å². The maximum absolute atomic E-state index is 13.6. The molecule has 0 saturated heterocycles. The fourth-order valence-corrected chi connectivity index (χ4v) is 1.65. The molecule has 0 unspecified atom stereocenters. The molecule has 0 radical (unpaired) electrons. The topological polar surface area (TPSA) is 98.3 Å². The highest BCUT2D eigenvalue weighted by Gasteiger charge is 2.22. The first-order valence-electron chi connectivity index (χ1n) is 6.34. The highest BCUT2D eigenvalue weighted by molar-refractivity contribution is 5.94. The van der Waals surface area contributed by atoms with Crippen LogP contribution < -0.4 is 11.1 Å². The average Bonchev–Trinajstić information content (AvgIpc) is 2.44. The molecule has 0 aliphatic rings. The zero-order chi connectivity index (χ0) is 15.3. The van der Waals surface area contributed by atoms with E-state index in [2.05, 4.69) is 5.32 Å². The van der Waals surface area contributed by atoms with Crippen LogP contribution in [0, 0.1) is 15.9 Å².